The average molecular weight is 365 g/mol. The Kier molecular flexibility index (Phi) is 5.64. The van der Waals surface area contributed by atoms with Gasteiger partial charge in [0, 0.05) is 31.7 Å². The lowest BCUT2D eigenvalue weighted by Crippen LogP contribution is -2.41. The van der Waals surface area contributed by atoms with Gasteiger partial charge in [-0.25, -0.2) is 8.42 Å². The van der Waals surface area contributed by atoms with Crippen LogP contribution in [0, 0.1) is 5.41 Å². The van der Waals surface area contributed by atoms with Gasteiger partial charge in [0.2, 0.25) is 0 Å². The van der Waals surface area contributed by atoms with Crippen LogP contribution in [0.2, 0.25) is 0 Å². The predicted molar refractivity (Wildman–Crippen MR) is 98.5 cm³/mol. The van der Waals surface area contributed by atoms with E-state index in [2.05, 4.69) is 15.2 Å². The van der Waals surface area contributed by atoms with Gasteiger partial charge in [-0.3, -0.25) is 4.99 Å². The van der Waals surface area contributed by atoms with Crippen LogP contribution in [-0.4, -0.2) is 64.4 Å². The zero-order valence-corrected chi connectivity index (χ0v) is 15.6. The van der Waals surface area contributed by atoms with Crippen LogP contribution in [0.3, 0.4) is 0 Å². The highest BCUT2D eigenvalue weighted by molar-refractivity contribution is 7.91. The Bertz CT molecular complexity index is 698. The molecule has 0 bridgehead atoms. The smallest absolute Gasteiger partial charge is 0.193 e. The van der Waals surface area contributed by atoms with Gasteiger partial charge in [0.25, 0.3) is 0 Å². The van der Waals surface area contributed by atoms with Gasteiger partial charge in [-0.05, 0) is 31.9 Å². The van der Waals surface area contributed by atoms with Crippen molar-refractivity contribution in [2.24, 2.45) is 10.4 Å². The summed E-state index contributed by atoms with van der Waals surface area (Å²) in [6, 6.07) is 8.57. The third-order valence-electron chi connectivity index (χ3n) is 4.98. The van der Waals surface area contributed by atoms with Crippen molar-refractivity contribution in [1.29, 1.82) is 0 Å². The van der Waals surface area contributed by atoms with Crippen LogP contribution in [0.5, 0.6) is 0 Å². The number of aliphatic imine (C=N–C) groups is 1. The van der Waals surface area contributed by atoms with E-state index in [0.29, 0.717) is 4.90 Å². The van der Waals surface area contributed by atoms with Crippen molar-refractivity contribution in [3.05, 3.63) is 30.3 Å². The molecule has 1 unspecified atom stereocenters. The topological polar surface area (TPSA) is 71.0 Å². The first-order valence-corrected chi connectivity index (χ1v) is 10.6. The maximum absolute atomic E-state index is 12.4. The first kappa shape index (κ1) is 18.2. The molecule has 1 N–H and O–H groups in total. The zero-order chi connectivity index (χ0) is 17.8. The SMILES string of the molecule is CCNC(=NCCS(=O)(=O)c1ccccc1)N1CCC2(CCOC2)C1. The highest BCUT2D eigenvalue weighted by atomic mass is 32.2. The summed E-state index contributed by atoms with van der Waals surface area (Å²) in [4.78, 5) is 7.18. The fourth-order valence-corrected chi connectivity index (χ4v) is 4.67. The Morgan fingerprint density at radius 3 is 2.80 bits per heavy atom. The molecule has 0 aliphatic carbocycles. The number of nitrogens with zero attached hydrogens (tertiary/aromatic N) is 2. The van der Waals surface area contributed by atoms with Gasteiger partial charge in [-0.15, -0.1) is 0 Å². The average Bonchev–Trinajstić information content (AvgIpc) is 3.25. The molecule has 2 saturated heterocycles. The van der Waals surface area contributed by atoms with Gasteiger partial charge in [0.15, 0.2) is 15.8 Å². The lowest BCUT2D eigenvalue weighted by atomic mass is 9.87. The summed E-state index contributed by atoms with van der Waals surface area (Å²) in [6.07, 6.45) is 2.21. The minimum Gasteiger partial charge on any atom is -0.381 e. The lowest BCUT2D eigenvalue weighted by Gasteiger charge is -2.25. The monoisotopic (exact) mass is 365 g/mol. The largest absolute Gasteiger partial charge is 0.381 e. The van der Waals surface area contributed by atoms with Gasteiger partial charge in [0.1, 0.15) is 0 Å². The molecule has 1 atom stereocenters. The summed E-state index contributed by atoms with van der Waals surface area (Å²) in [5.41, 5.74) is 0.256. The van der Waals surface area contributed by atoms with Gasteiger partial charge in [-0.2, -0.15) is 0 Å². The molecule has 7 heteroatoms. The fraction of sp³-hybridized carbons (Fsp3) is 0.611. The first-order chi connectivity index (χ1) is 12.0. The van der Waals surface area contributed by atoms with E-state index in [4.69, 9.17) is 4.74 Å². The molecular formula is C18H27N3O3S. The van der Waals surface area contributed by atoms with Crippen molar-refractivity contribution in [2.45, 2.75) is 24.7 Å². The molecule has 0 radical (unpaired) electrons. The first-order valence-electron chi connectivity index (χ1n) is 8.93. The van der Waals surface area contributed by atoms with E-state index in [1.54, 1.807) is 24.3 Å². The standard InChI is InChI=1S/C18H27N3O3S/c1-2-19-17(21-11-8-18(14-21)9-12-24-15-18)20-10-13-25(22,23)16-6-4-3-5-7-16/h3-7H,2,8-15H2,1H3,(H,19,20). The quantitative estimate of drug-likeness (QED) is 0.633. The molecule has 1 aromatic rings. The molecule has 25 heavy (non-hydrogen) atoms. The van der Waals surface area contributed by atoms with Crippen molar-refractivity contribution < 1.29 is 13.2 Å². The van der Waals surface area contributed by atoms with Crippen molar-refractivity contribution in [3.63, 3.8) is 0 Å². The highest BCUT2D eigenvalue weighted by Crippen LogP contribution is 2.38. The van der Waals surface area contributed by atoms with Crippen LogP contribution in [0.25, 0.3) is 0 Å². The highest BCUT2D eigenvalue weighted by Gasteiger charge is 2.42. The Labute approximate surface area is 150 Å². The minimum absolute atomic E-state index is 0.0218. The normalized spacial score (nSPS) is 24.2. The molecule has 0 aromatic heterocycles. The van der Waals surface area contributed by atoms with Crippen LogP contribution in [0.1, 0.15) is 19.8 Å². The number of ether oxygens (including phenoxy) is 1. The summed E-state index contributed by atoms with van der Waals surface area (Å²) in [6.45, 7) is 6.61. The Hall–Kier alpha value is -1.60. The molecule has 2 fully saturated rings. The molecule has 1 aromatic carbocycles. The Morgan fingerprint density at radius 2 is 2.12 bits per heavy atom. The van der Waals surface area contributed by atoms with E-state index < -0.39 is 9.84 Å². The number of likely N-dealkylation sites (tertiary alicyclic amines) is 1. The van der Waals surface area contributed by atoms with Gasteiger partial charge >= 0.3 is 0 Å². The molecule has 1 spiro atoms. The number of hydrogen-bond acceptors (Lipinski definition) is 4. The zero-order valence-electron chi connectivity index (χ0n) is 14.8. The van der Waals surface area contributed by atoms with Crippen LogP contribution in [0.4, 0.5) is 0 Å². The van der Waals surface area contributed by atoms with E-state index in [9.17, 15) is 8.42 Å². The molecule has 2 aliphatic rings. The summed E-state index contributed by atoms with van der Waals surface area (Å²) in [5, 5.41) is 3.30. The maximum Gasteiger partial charge on any atom is 0.193 e. The maximum atomic E-state index is 12.4. The van der Waals surface area contributed by atoms with Crippen molar-refractivity contribution in [1.82, 2.24) is 10.2 Å². The number of hydrogen-bond donors (Lipinski definition) is 1. The third kappa shape index (κ3) is 4.33. The van der Waals surface area contributed by atoms with Crippen LogP contribution in [0.15, 0.2) is 40.2 Å². The minimum atomic E-state index is -3.29. The van der Waals surface area contributed by atoms with Gasteiger partial charge in [0.05, 0.1) is 23.8 Å². The van der Waals surface area contributed by atoms with Gasteiger partial charge in [-0.1, -0.05) is 18.2 Å². The second kappa shape index (κ2) is 7.74. The Morgan fingerprint density at radius 1 is 1.32 bits per heavy atom. The van der Waals surface area contributed by atoms with Crippen molar-refractivity contribution >= 4 is 15.8 Å². The predicted octanol–water partition coefficient (Wildman–Crippen LogP) is 1.54. The van der Waals surface area contributed by atoms with Gasteiger partial charge < -0.3 is 15.0 Å². The molecule has 0 saturated carbocycles. The second-order valence-corrected chi connectivity index (χ2v) is 8.95. The molecule has 2 aliphatic heterocycles. The molecule has 2 heterocycles. The number of nitrogens with one attached hydrogen (secondary N) is 1. The summed E-state index contributed by atoms with van der Waals surface area (Å²) >= 11 is 0. The Balaban J connectivity index is 1.63. The van der Waals surface area contributed by atoms with E-state index >= 15 is 0 Å². The third-order valence-corrected chi connectivity index (χ3v) is 6.69. The van der Waals surface area contributed by atoms with Crippen molar-refractivity contribution in [3.8, 4) is 0 Å². The lowest BCUT2D eigenvalue weighted by molar-refractivity contribution is 0.156. The number of sulfone groups is 1. The number of benzene rings is 1. The van der Waals surface area contributed by atoms with Crippen LogP contribution >= 0.6 is 0 Å². The molecule has 3 rings (SSSR count). The fourth-order valence-electron chi connectivity index (χ4n) is 3.53. The summed E-state index contributed by atoms with van der Waals surface area (Å²) in [5.74, 6) is 0.836. The second-order valence-electron chi connectivity index (χ2n) is 6.84. The summed E-state index contributed by atoms with van der Waals surface area (Å²) < 4.78 is 30.3. The van der Waals surface area contributed by atoms with E-state index in [0.717, 1.165) is 51.6 Å². The van der Waals surface area contributed by atoms with E-state index in [1.807, 2.05) is 13.0 Å². The number of rotatable bonds is 5. The molecule has 0 amide bonds. The molecule has 6 nitrogen and oxygen atoms in total. The van der Waals surface area contributed by atoms with Crippen molar-refractivity contribution in [2.75, 3.05) is 45.1 Å². The van der Waals surface area contributed by atoms with E-state index in [1.165, 1.54) is 0 Å². The molecular weight excluding hydrogens is 338 g/mol. The molecule has 138 valence electrons. The summed E-state index contributed by atoms with van der Waals surface area (Å²) in [7, 11) is -3.29. The van der Waals surface area contributed by atoms with E-state index in [-0.39, 0.29) is 17.7 Å². The van der Waals surface area contributed by atoms with Crippen LogP contribution in [-0.2, 0) is 14.6 Å². The van der Waals surface area contributed by atoms with Crippen LogP contribution < -0.4 is 5.32 Å². The number of guanidine groups is 1.